The van der Waals surface area contributed by atoms with E-state index in [1.807, 2.05) is 38.1 Å². The highest BCUT2D eigenvalue weighted by Crippen LogP contribution is 2.27. The zero-order chi connectivity index (χ0) is 17.9. The summed E-state index contributed by atoms with van der Waals surface area (Å²) in [4.78, 5) is 11.8. The van der Waals surface area contributed by atoms with Gasteiger partial charge in [-0.25, -0.2) is 0 Å². The van der Waals surface area contributed by atoms with Crippen LogP contribution in [0.25, 0.3) is 0 Å². The van der Waals surface area contributed by atoms with Gasteiger partial charge >= 0.3 is 0 Å². The van der Waals surface area contributed by atoms with Crippen LogP contribution in [-0.2, 0) is 11.2 Å². The van der Waals surface area contributed by atoms with E-state index in [-0.39, 0.29) is 11.5 Å². The molecule has 0 aliphatic carbocycles. The Labute approximate surface area is 143 Å². The van der Waals surface area contributed by atoms with Crippen LogP contribution < -0.4 is 20.1 Å². The van der Waals surface area contributed by atoms with Crippen LogP contribution in [0, 0.1) is 17.2 Å². The van der Waals surface area contributed by atoms with Crippen molar-refractivity contribution in [3.05, 3.63) is 35.5 Å². The summed E-state index contributed by atoms with van der Waals surface area (Å²) in [6, 6.07) is 7.62. The van der Waals surface area contributed by atoms with E-state index in [4.69, 9.17) is 14.7 Å². The van der Waals surface area contributed by atoms with E-state index < -0.39 is 0 Å². The summed E-state index contributed by atoms with van der Waals surface area (Å²) in [5.74, 6) is 1.34. The molecule has 0 aliphatic heterocycles. The average Bonchev–Trinajstić information content (AvgIpc) is 2.59. The highest BCUT2D eigenvalue weighted by atomic mass is 16.5. The fourth-order valence-electron chi connectivity index (χ4n) is 1.97. The number of ether oxygens (including phenoxy) is 2. The van der Waals surface area contributed by atoms with Crippen molar-refractivity contribution in [2.75, 3.05) is 27.3 Å². The Morgan fingerprint density at radius 2 is 2.00 bits per heavy atom. The number of nitriles is 1. The van der Waals surface area contributed by atoms with Crippen LogP contribution in [-0.4, -0.2) is 33.2 Å². The van der Waals surface area contributed by atoms with Gasteiger partial charge in [-0.1, -0.05) is 19.9 Å². The molecule has 1 aromatic carbocycles. The molecule has 0 saturated heterocycles. The smallest absolute Gasteiger partial charge is 0.263 e. The zero-order valence-corrected chi connectivity index (χ0v) is 14.7. The van der Waals surface area contributed by atoms with Crippen LogP contribution in [0.5, 0.6) is 11.5 Å². The monoisotopic (exact) mass is 331 g/mol. The highest BCUT2D eigenvalue weighted by molar-refractivity contribution is 5.97. The third kappa shape index (κ3) is 6.21. The van der Waals surface area contributed by atoms with Crippen LogP contribution >= 0.6 is 0 Å². The predicted octanol–water partition coefficient (Wildman–Crippen LogP) is 2.02. The Kier molecular flexibility index (Phi) is 8.20. The van der Waals surface area contributed by atoms with Crippen molar-refractivity contribution in [2.45, 2.75) is 20.3 Å². The maximum Gasteiger partial charge on any atom is 0.263 e. The molecule has 0 saturated carbocycles. The molecular formula is C18H25N3O3. The van der Waals surface area contributed by atoms with Gasteiger partial charge in [-0.3, -0.25) is 4.79 Å². The van der Waals surface area contributed by atoms with Gasteiger partial charge in [-0.2, -0.15) is 5.26 Å². The largest absolute Gasteiger partial charge is 0.493 e. The molecule has 0 aliphatic rings. The second-order valence-corrected chi connectivity index (χ2v) is 5.67. The SMILES string of the molecule is COc1ccc(CCN/C=C(/C#N)C(=O)NCC(C)C)cc1OC. The molecular weight excluding hydrogens is 306 g/mol. The molecule has 0 unspecified atom stereocenters. The van der Waals surface area contributed by atoms with E-state index >= 15 is 0 Å². The van der Waals surface area contributed by atoms with E-state index in [1.165, 1.54) is 6.20 Å². The third-order valence-electron chi connectivity index (χ3n) is 3.29. The van der Waals surface area contributed by atoms with Crippen molar-refractivity contribution in [3.63, 3.8) is 0 Å². The molecule has 6 heteroatoms. The summed E-state index contributed by atoms with van der Waals surface area (Å²) in [5.41, 5.74) is 1.14. The minimum atomic E-state index is -0.357. The number of methoxy groups -OCH3 is 2. The van der Waals surface area contributed by atoms with E-state index in [9.17, 15) is 4.79 Å². The van der Waals surface area contributed by atoms with E-state index in [1.54, 1.807) is 14.2 Å². The summed E-state index contributed by atoms with van der Waals surface area (Å²) in [6.07, 6.45) is 2.18. The fraction of sp³-hybridized carbons (Fsp3) is 0.444. The molecule has 1 aromatic rings. The molecule has 0 bridgehead atoms. The fourth-order valence-corrected chi connectivity index (χ4v) is 1.97. The molecule has 0 radical (unpaired) electrons. The number of rotatable bonds is 9. The molecule has 1 rings (SSSR count). The minimum absolute atomic E-state index is 0.0722. The molecule has 2 N–H and O–H groups in total. The molecule has 0 heterocycles. The first-order valence-electron chi connectivity index (χ1n) is 7.84. The van der Waals surface area contributed by atoms with Crippen LogP contribution in [0.15, 0.2) is 30.0 Å². The molecule has 0 aromatic heterocycles. The summed E-state index contributed by atoms with van der Waals surface area (Å²) < 4.78 is 10.5. The standard InChI is InChI=1S/C18H25N3O3/c1-13(2)11-21-18(22)15(10-19)12-20-8-7-14-5-6-16(23-3)17(9-14)24-4/h5-6,9,12-13,20H,7-8,11H2,1-4H3,(H,21,22)/b15-12-. The number of carbonyl (C=O) groups excluding carboxylic acids is 1. The lowest BCUT2D eigenvalue weighted by molar-refractivity contribution is -0.117. The average molecular weight is 331 g/mol. The lowest BCUT2D eigenvalue weighted by Crippen LogP contribution is -2.29. The van der Waals surface area contributed by atoms with E-state index in [2.05, 4.69) is 10.6 Å². The van der Waals surface area contributed by atoms with Gasteiger partial charge in [0.25, 0.3) is 5.91 Å². The first-order valence-corrected chi connectivity index (χ1v) is 7.84. The Morgan fingerprint density at radius 1 is 1.29 bits per heavy atom. The van der Waals surface area contributed by atoms with Crippen LogP contribution in [0.1, 0.15) is 19.4 Å². The number of hydrogen-bond donors (Lipinski definition) is 2. The molecule has 1 amide bonds. The maximum absolute atomic E-state index is 11.8. The number of nitrogens with zero attached hydrogens (tertiary/aromatic N) is 1. The van der Waals surface area contributed by atoms with Gasteiger partial charge in [0, 0.05) is 19.3 Å². The summed E-state index contributed by atoms with van der Waals surface area (Å²) in [5, 5.41) is 14.8. The molecule has 0 fully saturated rings. The van der Waals surface area contributed by atoms with Crippen molar-refractivity contribution in [2.24, 2.45) is 5.92 Å². The van der Waals surface area contributed by atoms with Crippen molar-refractivity contribution >= 4 is 5.91 Å². The normalized spacial score (nSPS) is 10.9. The Hall–Kier alpha value is -2.68. The Morgan fingerprint density at radius 3 is 2.58 bits per heavy atom. The van der Waals surface area contributed by atoms with Gasteiger partial charge in [0.2, 0.25) is 0 Å². The maximum atomic E-state index is 11.8. The molecule has 0 atom stereocenters. The minimum Gasteiger partial charge on any atom is -0.493 e. The quantitative estimate of drug-likeness (QED) is 0.411. The number of amides is 1. The van der Waals surface area contributed by atoms with E-state index in [0.717, 1.165) is 12.0 Å². The van der Waals surface area contributed by atoms with Crippen molar-refractivity contribution in [3.8, 4) is 17.6 Å². The zero-order valence-electron chi connectivity index (χ0n) is 14.7. The van der Waals surface area contributed by atoms with Crippen molar-refractivity contribution in [1.82, 2.24) is 10.6 Å². The van der Waals surface area contributed by atoms with Gasteiger partial charge in [0.05, 0.1) is 14.2 Å². The summed E-state index contributed by atoms with van der Waals surface area (Å²) in [6.45, 7) is 5.14. The summed E-state index contributed by atoms with van der Waals surface area (Å²) >= 11 is 0. The molecule has 24 heavy (non-hydrogen) atoms. The second kappa shape index (κ2) is 10.2. The predicted molar refractivity (Wildman–Crippen MR) is 92.8 cm³/mol. The molecule has 6 nitrogen and oxygen atoms in total. The molecule has 130 valence electrons. The van der Waals surface area contributed by atoms with Crippen LogP contribution in [0.3, 0.4) is 0 Å². The lowest BCUT2D eigenvalue weighted by Gasteiger charge is -2.10. The van der Waals surface area contributed by atoms with Gasteiger partial charge in [-0.05, 0) is 30.0 Å². The number of carbonyl (C=O) groups is 1. The van der Waals surface area contributed by atoms with Crippen LogP contribution in [0.4, 0.5) is 0 Å². The summed E-state index contributed by atoms with van der Waals surface area (Å²) in [7, 11) is 3.19. The molecule has 0 spiro atoms. The van der Waals surface area contributed by atoms with Gasteiger partial charge in [-0.15, -0.1) is 0 Å². The third-order valence-corrected chi connectivity index (χ3v) is 3.29. The van der Waals surface area contributed by atoms with Gasteiger partial charge in [0.15, 0.2) is 11.5 Å². The van der Waals surface area contributed by atoms with Crippen molar-refractivity contribution in [1.29, 1.82) is 5.26 Å². The Bertz CT molecular complexity index is 618. The van der Waals surface area contributed by atoms with Crippen molar-refractivity contribution < 1.29 is 14.3 Å². The van der Waals surface area contributed by atoms with Gasteiger partial charge < -0.3 is 20.1 Å². The van der Waals surface area contributed by atoms with Crippen LogP contribution in [0.2, 0.25) is 0 Å². The second-order valence-electron chi connectivity index (χ2n) is 5.67. The number of hydrogen-bond acceptors (Lipinski definition) is 5. The first-order chi connectivity index (χ1) is 11.5. The highest BCUT2D eigenvalue weighted by Gasteiger charge is 2.08. The van der Waals surface area contributed by atoms with Gasteiger partial charge in [0.1, 0.15) is 11.6 Å². The number of nitrogens with one attached hydrogen (secondary N) is 2. The van der Waals surface area contributed by atoms with E-state index in [0.29, 0.717) is 30.5 Å². The Balaban J connectivity index is 2.54. The first kappa shape index (κ1) is 19.4. The topological polar surface area (TPSA) is 83.4 Å². The number of benzene rings is 1. The lowest BCUT2D eigenvalue weighted by atomic mass is 10.1.